The third-order valence-corrected chi connectivity index (χ3v) is 9.70. The van der Waals surface area contributed by atoms with E-state index in [-0.39, 0.29) is 0 Å². The van der Waals surface area contributed by atoms with E-state index in [9.17, 15) is 0 Å². The molecule has 0 aliphatic rings. The van der Waals surface area contributed by atoms with Crippen LogP contribution < -0.4 is 0 Å². The number of rotatable bonds is 4. The van der Waals surface area contributed by atoms with Gasteiger partial charge < -0.3 is 4.57 Å². The average Bonchev–Trinajstić information content (AvgIpc) is 3.73. The number of imidazole rings is 1. The van der Waals surface area contributed by atoms with Crippen molar-refractivity contribution in [3.05, 3.63) is 176 Å². The Kier molecular flexibility index (Phi) is 5.87. The van der Waals surface area contributed by atoms with Crippen LogP contribution in [-0.4, -0.2) is 14.0 Å². The van der Waals surface area contributed by atoms with Gasteiger partial charge in [-0.3, -0.25) is 4.40 Å². The third-order valence-electron chi connectivity index (χ3n) is 9.70. The van der Waals surface area contributed by atoms with E-state index in [4.69, 9.17) is 4.98 Å². The Balaban J connectivity index is 1.37. The number of pyridine rings is 1. The van der Waals surface area contributed by atoms with Crippen molar-refractivity contribution in [2.45, 2.75) is 0 Å². The van der Waals surface area contributed by atoms with Crippen LogP contribution in [0.1, 0.15) is 0 Å². The van der Waals surface area contributed by atoms with Gasteiger partial charge in [0.25, 0.3) is 0 Å². The number of aromatic nitrogens is 3. The molecule has 0 amide bonds. The van der Waals surface area contributed by atoms with E-state index in [1.54, 1.807) is 0 Å². The molecule has 7 aromatic carbocycles. The van der Waals surface area contributed by atoms with E-state index in [0.29, 0.717) is 0 Å². The lowest BCUT2D eigenvalue weighted by Gasteiger charge is -2.14. The lowest BCUT2D eigenvalue weighted by molar-refractivity contribution is 1.18. The van der Waals surface area contributed by atoms with Gasteiger partial charge in [0.1, 0.15) is 5.82 Å². The summed E-state index contributed by atoms with van der Waals surface area (Å²) in [5, 5.41) is 6.16. The summed E-state index contributed by atoms with van der Waals surface area (Å²) < 4.78 is 4.79. The highest BCUT2D eigenvalue weighted by Crippen LogP contribution is 2.44. The summed E-state index contributed by atoms with van der Waals surface area (Å²) in [6.07, 6.45) is 0. The SMILES string of the molecule is c1ccc(-c2ccc(-c3nc(-c4ccccc4)n4c5ccccc5c5c(ccc6c5c5ccccc5n6-c5ccccc5)c34)cc2)cc1. The van der Waals surface area contributed by atoms with Gasteiger partial charge in [0, 0.05) is 43.7 Å². The van der Waals surface area contributed by atoms with Crippen LogP contribution in [0.3, 0.4) is 0 Å². The molecule has 0 aliphatic heterocycles. The lowest BCUT2D eigenvalue weighted by Crippen LogP contribution is -1.95. The molecule has 3 heterocycles. The molecule has 10 aromatic rings. The number of fused-ring (bicyclic) bond motifs is 10. The zero-order valence-electron chi connectivity index (χ0n) is 26.1. The van der Waals surface area contributed by atoms with E-state index in [0.717, 1.165) is 39.4 Å². The van der Waals surface area contributed by atoms with Crippen molar-refractivity contribution >= 4 is 49.0 Å². The fourth-order valence-corrected chi connectivity index (χ4v) is 7.61. The van der Waals surface area contributed by atoms with Crippen molar-refractivity contribution in [3.63, 3.8) is 0 Å². The summed E-state index contributed by atoms with van der Waals surface area (Å²) in [7, 11) is 0. The first-order valence-corrected chi connectivity index (χ1v) is 16.4. The summed E-state index contributed by atoms with van der Waals surface area (Å²) in [5.74, 6) is 0.942. The first-order chi connectivity index (χ1) is 23.8. The molecular formula is C45H29N3. The molecule has 3 heteroatoms. The highest BCUT2D eigenvalue weighted by molar-refractivity contribution is 6.31. The van der Waals surface area contributed by atoms with Crippen LogP contribution in [0.25, 0.3) is 88.5 Å². The largest absolute Gasteiger partial charge is 0.309 e. The third kappa shape index (κ3) is 3.91. The van der Waals surface area contributed by atoms with Crippen LogP contribution in [0, 0.1) is 0 Å². The standard InChI is InChI=1S/C45H29N3/c1-4-14-30(15-5-1)31-24-26-32(27-25-31)43-44-37-28-29-40-42(36-21-11-12-22-38(36)47(40)34-18-8-3-9-19-34)41(37)35-20-10-13-23-39(35)48(44)45(46-43)33-16-6-2-7-17-33/h1-29H. The highest BCUT2D eigenvalue weighted by atomic mass is 15.0. The normalized spacial score (nSPS) is 11.8. The van der Waals surface area contributed by atoms with Crippen LogP contribution in [0.4, 0.5) is 0 Å². The van der Waals surface area contributed by atoms with Gasteiger partial charge in [-0.1, -0.05) is 146 Å². The van der Waals surface area contributed by atoms with E-state index in [2.05, 4.69) is 185 Å². The van der Waals surface area contributed by atoms with E-state index in [1.165, 1.54) is 49.1 Å². The van der Waals surface area contributed by atoms with Gasteiger partial charge in [0.2, 0.25) is 0 Å². The minimum Gasteiger partial charge on any atom is -0.309 e. The Hall–Kier alpha value is -6.45. The zero-order valence-corrected chi connectivity index (χ0v) is 26.1. The predicted octanol–water partition coefficient (Wildman–Crippen LogP) is 11.7. The molecule has 0 fully saturated rings. The second kappa shape index (κ2) is 10.5. The van der Waals surface area contributed by atoms with Gasteiger partial charge >= 0.3 is 0 Å². The summed E-state index contributed by atoms with van der Waals surface area (Å²) in [6, 6.07) is 62.9. The van der Waals surface area contributed by atoms with Gasteiger partial charge in [-0.25, -0.2) is 4.98 Å². The molecule has 0 saturated heterocycles. The Morgan fingerprint density at radius 3 is 1.60 bits per heavy atom. The molecule has 0 radical (unpaired) electrons. The number of hydrogen-bond donors (Lipinski definition) is 0. The van der Waals surface area contributed by atoms with Crippen LogP contribution in [0.2, 0.25) is 0 Å². The smallest absolute Gasteiger partial charge is 0.145 e. The van der Waals surface area contributed by atoms with Crippen LogP contribution >= 0.6 is 0 Å². The molecule has 0 spiro atoms. The molecular weight excluding hydrogens is 583 g/mol. The Labute approximate surface area is 277 Å². The van der Waals surface area contributed by atoms with Crippen LogP contribution in [0.5, 0.6) is 0 Å². The van der Waals surface area contributed by atoms with E-state index >= 15 is 0 Å². The highest BCUT2D eigenvalue weighted by Gasteiger charge is 2.23. The first-order valence-electron chi connectivity index (χ1n) is 16.4. The van der Waals surface area contributed by atoms with Crippen molar-refractivity contribution in [2.75, 3.05) is 0 Å². The number of nitrogens with zero attached hydrogens (tertiary/aromatic N) is 3. The minimum atomic E-state index is 0.942. The van der Waals surface area contributed by atoms with Gasteiger partial charge in [0.15, 0.2) is 0 Å². The molecule has 0 atom stereocenters. The molecule has 0 saturated carbocycles. The van der Waals surface area contributed by atoms with Crippen LogP contribution in [-0.2, 0) is 0 Å². The van der Waals surface area contributed by atoms with Crippen molar-refractivity contribution in [1.82, 2.24) is 14.0 Å². The maximum atomic E-state index is 5.49. The summed E-state index contributed by atoms with van der Waals surface area (Å²) in [4.78, 5) is 5.49. The fourth-order valence-electron chi connectivity index (χ4n) is 7.61. The average molecular weight is 612 g/mol. The summed E-state index contributed by atoms with van der Waals surface area (Å²) >= 11 is 0. The topological polar surface area (TPSA) is 22.2 Å². The van der Waals surface area contributed by atoms with Gasteiger partial charge in [-0.2, -0.15) is 0 Å². The Bertz CT molecular complexity index is 2790. The van der Waals surface area contributed by atoms with E-state index in [1.807, 2.05) is 0 Å². The molecule has 48 heavy (non-hydrogen) atoms. The van der Waals surface area contributed by atoms with Gasteiger partial charge in [-0.15, -0.1) is 0 Å². The Morgan fingerprint density at radius 1 is 0.354 bits per heavy atom. The molecule has 10 rings (SSSR count). The maximum Gasteiger partial charge on any atom is 0.145 e. The monoisotopic (exact) mass is 611 g/mol. The molecule has 0 bridgehead atoms. The minimum absolute atomic E-state index is 0.942. The second-order valence-electron chi connectivity index (χ2n) is 12.4. The molecule has 3 aromatic heterocycles. The predicted molar refractivity (Wildman–Crippen MR) is 201 cm³/mol. The molecule has 224 valence electrons. The molecule has 3 nitrogen and oxygen atoms in total. The summed E-state index contributed by atoms with van der Waals surface area (Å²) in [6.45, 7) is 0. The van der Waals surface area contributed by atoms with Gasteiger partial charge in [0.05, 0.1) is 27.8 Å². The second-order valence-corrected chi connectivity index (χ2v) is 12.4. The molecule has 0 aliphatic carbocycles. The van der Waals surface area contributed by atoms with Crippen molar-refractivity contribution in [3.8, 4) is 39.5 Å². The van der Waals surface area contributed by atoms with Crippen LogP contribution in [0.15, 0.2) is 176 Å². The molecule has 0 unspecified atom stereocenters. The quantitative estimate of drug-likeness (QED) is 0.182. The van der Waals surface area contributed by atoms with E-state index < -0.39 is 0 Å². The number of hydrogen-bond acceptors (Lipinski definition) is 1. The maximum absolute atomic E-state index is 5.49. The Morgan fingerprint density at radius 2 is 0.896 bits per heavy atom. The number of benzene rings is 7. The summed E-state index contributed by atoms with van der Waals surface area (Å²) in [5.41, 5.74) is 11.4. The van der Waals surface area contributed by atoms with Gasteiger partial charge in [-0.05, 0) is 41.5 Å². The number of para-hydroxylation sites is 3. The zero-order chi connectivity index (χ0) is 31.6. The van der Waals surface area contributed by atoms with Crippen molar-refractivity contribution < 1.29 is 0 Å². The molecule has 0 N–H and O–H groups in total. The first kappa shape index (κ1) is 26.7. The van der Waals surface area contributed by atoms with Crippen molar-refractivity contribution in [2.24, 2.45) is 0 Å². The van der Waals surface area contributed by atoms with Crippen molar-refractivity contribution in [1.29, 1.82) is 0 Å². The lowest BCUT2D eigenvalue weighted by atomic mass is 9.97. The fraction of sp³-hybridized carbons (Fsp3) is 0.